The van der Waals surface area contributed by atoms with Crippen LogP contribution in [0.3, 0.4) is 0 Å². The van der Waals surface area contributed by atoms with Gasteiger partial charge in [0.05, 0.1) is 25.2 Å². The molecule has 2 rings (SSSR count). The number of nitrogens with zero attached hydrogens (tertiary/aromatic N) is 1. The molecule has 11 heteroatoms. The van der Waals surface area contributed by atoms with Crippen molar-refractivity contribution in [1.29, 1.82) is 5.41 Å². The molecule has 0 aliphatic rings. The molecule has 39 heavy (non-hydrogen) atoms. The first-order valence-corrected chi connectivity index (χ1v) is 12.1. The van der Waals surface area contributed by atoms with Crippen LogP contribution < -0.4 is 10.5 Å². The van der Waals surface area contributed by atoms with E-state index in [0.29, 0.717) is 42.2 Å². The molecule has 0 bridgehead atoms. The minimum atomic E-state index is -0.833. The molecule has 0 fully saturated rings. The van der Waals surface area contributed by atoms with Crippen LogP contribution in [0.25, 0.3) is 6.08 Å². The monoisotopic (exact) mass is 541 g/mol. The normalized spacial score (nSPS) is 10.5. The van der Waals surface area contributed by atoms with Crippen LogP contribution in [0.2, 0.25) is 0 Å². The third-order valence-electron chi connectivity index (χ3n) is 4.99. The van der Waals surface area contributed by atoms with Gasteiger partial charge in [-0.3, -0.25) is 19.8 Å². The van der Waals surface area contributed by atoms with Gasteiger partial charge in [-0.1, -0.05) is 12.1 Å². The molecule has 2 aromatic carbocycles. The highest BCUT2D eigenvalue weighted by Crippen LogP contribution is 2.16. The van der Waals surface area contributed by atoms with E-state index >= 15 is 0 Å². The molecule has 0 saturated heterocycles. The fourth-order valence-electron chi connectivity index (χ4n) is 3.12. The molecule has 11 nitrogen and oxygen atoms in total. The maximum Gasteiger partial charge on any atom is 0.343 e. The van der Waals surface area contributed by atoms with Crippen LogP contribution in [0, 0.1) is 5.41 Å². The highest BCUT2D eigenvalue weighted by Gasteiger charge is 2.17. The number of nitrogens with one attached hydrogen (secondary N) is 1. The first-order valence-electron chi connectivity index (χ1n) is 12.1. The molecular formula is C28H35N3O8. The van der Waals surface area contributed by atoms with Crippen molar-refractivity contribution in [3.8, 4) is 5.75 Å². The molecule has 0 heterocycles. The van der Waals surface area contributed by atoms with E-state index in [4.69, 9.17) is 35.3 Å². The number of esters is 2. The average Bonchev–Trinajstić information content (AvgIpc) is 2.89. The number of aliphatic carboxylic acids is 1. The fraction of sp³-hybridized carbons (Fsp3) is 0.321. The minimum Gasteiger partial charge on any atom is -0.481 e. The Morgan fingerprint density at radius 1 is 0.974 bits per heavy atom. The quantitative estimate of drug-likeness (QED) is 0.120. The summed E-state index contributed by atoms with van der Waals surface area (Å²) in [6.07, 6.45) is 1.81. The highest BCUT2D eigenvalue weighted by molar-refractivity contribution is 5.98. The van der Waals surface area contributed by atoms with Gasteiger partial charge in [-0.2, -0.15) is 0 Å². The molecule has 0 aliphatic heterocycles. The average molecular weight is 542 g/mol. The number of amides is 1. The smallest absolute Gasteiger partial charge is 0.343 e. The summed E-state index contributed by atoms with van der Waals surface area (Å²) in [5.41, 5.74) is 7.51. The molecule has 0 radical (unpaired) electrons. The Bertz CT molecular complexity index is 1150. The summed E-state index contributed by atoms with van der Waals surface area (Å²) in [5, 5.41) is 14.8. The zero-order valence-corrected chi connectivity index (χ0v) is 22.6. The number of methoxy groups -OCH3 is 1. The molecular weight excluding hydrogens is 506 g/mol. The number of carboxylic acid groups (broad SMARTS) is 1. The topological polar surface area (TPSA) is 169 Å². The summed E-state index contributed by atoms with van der Waals surface area (Å²) < 4.78 is 15.4. The van der Waals surface area contributed by atoms with Crippen LogP contribution >= 0.6 is 0 Å². The number of amidine groups is 1. The highest BCUT2D eigenvalue weighted by atomic mass is 16.5. The lowest BCUT2D eigenvalue weighted by Gasteiger charge is -2.22. The molecule has 210 valence electrons. The number of nitrogens with two attached hydrogens (primary N) is 1. The predicted octanol–water partition coefficient (Wildman–Crippen LogP) is 3.11. The molecule has 0 atom stereocenters. The molecule has 1 amide bonds. The van der Waals surface area contributed by atoms with Crippen molar-refractivity contribution < 1.29 is 38.5 Å². The van der Waals surface area contributed by atoms with Crippen molar-refractivity contribution in [3.05, 3.63) is 70.8 Å². The number of carbonyl (C=O) groups is 4. The van der Waals surface area contributed by atoms with E-state index in [2.05, 4.69) is 0 Å². The number of carbonyl (C=O) groups excluding carboxylic acids is 3. The molecule has 0 unspecified atom stereocenters. The van der Waals surface area contributed by atoms with E-state index in [1.807, 2.05) is 0 Å². The summed E-state index contributed by atoms with van der Waals surface area (Å²) in [6, 6.07) is 13.0. The van der Waals surface area contributed by atoms with Crippen molar-refractivity contribution in [3.63, 3.8) is 0 Å². The van der Waals surface area contributed by atoms with E-state index in [0.717, 1.165) is 12.5 Å². The summed E-state index contributed by atoms with van der Waals surface area (Å²) >= 11 is 0. The zero-order chi connectivity index (χ0) is 29.4. The van der Waals surface area contributed by atoms with Gasteiger partial charge in [0.15, 0.2) is 0 Å². The number of rotatable bonds is 12. The Morgan fingerprint density at radius 3 is 2.05 bits per heavy atom. The van der Waals surface area contributed by atoms with Crippen LogP contribution in [0.1, 0.15) is 48.7 Å². The van der Waals surface area contributed by atoms with Crippen molar-refractivity contribution >= 4 is 35.7 Å². The Morgan fingerprint density at radius 2 is 1.54 bits per heavy atom. The number of carboxylic acids is 1. The Labute approximate surface area is 227 Å². The maximum atomic E-state index is 12.9. The van der Waals surface area contributed by atoms with Crippen LogP contribution in [-0.2, 0) is 23.9 Å². The number of benzene rings is 2. The Kier molecular flexibility index (Phi) is 14.2. The lowest BCUT2D eigenvalue weighted by molar-refractivity contribution is -0.144. The molecule has 0 spiro atoms. The lowest BCUT2D eigenvalue weighted by atomic mass is 10.1. The van der Waals surface area contributed by atoms with E-state index in [9.17, 15) is 14.4 Å². The largest absolute Gasteiger partial charge is 0.481 e. The lowest BCUT2D eigenvalue weighted by Crippen LogP contribution is -2.36. The van der Waals surface area contributed by atoms with Crippen LogP contribution in [0.15, 0.2) is 54.1 Å². The second kappa shape index (κ2) is 17.1. The molecule has 4 N–H and O–H groups in total. The zero-order valence-electron chi connectivity index (χ0n) is 22.6. The van der Waals surface area contributed by atoms with Gasteiger partial charge in [0, 0.05) is 38.3 Å². The van der Waals surface area contributed by atoms with Crippen LogP contribution in [0.5, 0.6) is 5.75 Å². The second-order valence-electron chi connectivity index (χ2n) is 8.14. The molecule has 2 aromatic rings. The van der Waals surface area contributed by atoms with E-state index < -0.39 is 11.9 Å². The van der Waals surface area contributed by atoms with Crippen molar-refractivity contribution in [1.82, 2.24) is 4.90 Å². The van der Waals surface area contributed by atoms with Gasteiger partial charge in [-0.25, -0.2) is 4.79 Å². The first kappa shape index (κ1) is 32.5. The maximum absolute atomic E-state index is 12.9. The van der Waals surface area contributed by atoms with Gasteiger partial charge in [-0.05, 0) is 61.9 Å². The summed E-state index contributed by atoms with van der Waals surface area (Å²) in [4.78, 5) is 47.6. The van der Waals surface area contributed by atoms with Crippen molar-refractivity contribution in [2.75, 3.05) is 33.4 Å². The van der Waals surface area contributed by atoms with Crippen LogP contribution in [-0.4, -0.2) is 73.1 Å². The van der Waals surface area contributed by atoms with Crippen molar-refractivity contribution in [2.45, 2.75) is 27.2 Å². The Hall–Kier alpha value is -4.51. The summed E-state index contributed by atoms with van der Waals surface area (Å²) in [7, 11) is 1.55. The minimum absolute atomic E-state index is 0.0684. The van der Waals surface area contributed by atoms with Crippen LogP contribution in [0.4, 0.5) is 0 Å². The van der Waals surface area contributed by atoms with Gasteiger partial charge in [-0.15, -0.1) is 0 Å². The van der Waals surface area contributed by atoms with Gasteiger partial charge in [0.25, 0.3) is 5.97 Å². The summed E-state index contributed by atoms with van der Waals surface area (Å²) in [5.74, 6) is -1.68. The van der Waals surface area contributed by atoms with Gasteiger partial charge < -0.3 is 30.0 Å². The van der Waals surface area contributed by atoms with E-state index in [1.165, 1.54) is 0 Å². The predicted molar refractivity (Wildman–Crippen MR) is 146 cm³/mol. The number of hydrogen-bond acceptors (Lipinski definition) is 8. The SMILES string of the molecule is CC(=O)O.CCOC(=O)CCN(CCOC)C(=O)C(C)=Cc1ccc(C(=O)Oc2ccc(C(=N)N)cc2)cc1. The molecule has 0 aromatic heterocycles. The molecule has 0 saturated carbocycles. The van der Waals surface area contributed by atoms with Gasteiger partial charge in [0.1, 0.15) is 11.6 Å². The fourth-order valence-corrected chi connectivity index (χ4v) is 3.12. The number of hydrogen-bond donors (Lipinski definition) is 3. The summed E-state index contributed by atoms with van der Waals surface area (Å²) in [6.45, 7) is 5.72. The third kappa shape index (κ3) is 12.5. The number of nitrogen functional groups attached to an aromatic ring is 1. The van der Waals surface area contributed by atoms with E-state index in [1.54, 1.807) is 80.5 Å². The first-order chi connectivity index (χ1) is 18.5. The number of ether oxygens (including phenoxy) is 3. The standard InChI is InChI=1S/C26H31N3O6.C2H4O2/c1-4-34-23(30)13-14-29(15-16-33-3)25(31)18(2)17-19-5-7-21(8-6-19)26(32)35-22-11-9-20(10-12-22)24(27)28;1-2(3)4/h5-12,17H,4,13-16H2,1-3H3,(H3,27,28);1H3,(H,3,4). The van der Waals surface area contributed by atoms with Gasteiger partial charge in [0.2, 0.25) is 5.91 Å². The third-order valence-corrected chi connectivity index (χ3v) is 4.99. The Balaban J connectivity index is 0.00000177. The van der Waals surface area contributed by atoms with Gasteiger partial charge >= 0.3 is 11.9 Å². The second-order valence-corrected chi connectivity index (χ2v) is 8.14. The van der Waals surface area contributed by atoms with E-state index in [-0.39, 0.29) is 30.7 Å². The molecule has 0 aliphatic carbocycles. The van der Waals surface area contributed by atoms with Crippen molar-refractivity contribution in [2.24, 2.45) is 5.73 Å².